The molecule has 0 aliphatic carbocycles. The van der Waals surface area contributed by atoms with Crippen molar-refractivity contribution in [3.63, 3.8) is 0 Å². The SMILES string of the molecule is Cc1ccc(CC(=O)N2C(=O)OC[C@H]2Cc2ccccc2)c(OCc2ccccc2)c1. The minimum absolute atomic E-state index is 0.0742. The molecule has 4 rings (SSSR count). The summed E-state index contributed by atoms with van der Waals surface area (Å²) in [5.41, 5.74) is 3.91. The van der Waals surface area contributed by atoms with Crippen molar-refractivity contribution in [1.29, 1.82) is 0 Å². The van der Waals surface area contributed by atoms with Gasteiger partial charge in [0.05, 0.1) is 12.5 Å². The third-order valence-corrected chi connectivity index (χ3v) is 5.35. The minimum atomic E-state index is -0.579. The Kier molecular flexibility index (Phi) is 6.32. The molecule has 158 valence electrons. The van der Waals surface area contributed by atoms with Crippen LogP contribution in [0.4, 0.5) is 4.79 Å². The first-order valence-corrected chi connectivity index (χ1v) is 10.4. The van der Waals surface area contributed by atoms with Crippen LogP contribution in [0.15, 0.2) is 78.9 Å². The van der Waals surface area contributed by atoms with Crippen molar-refractivity contribution in [2.24, 2.45) is 0 Å². The van der Waals surface area contributed by atoms with Crippen LogP contribution in [0.3, 0.4) is 0 Å². The Bertz CT molecular complexity index is 1050. The third-order valence-electron chi connectivity index (χ3n) is 5.35. The Balaban J connectivity index is 1.48. The van der Waals surface area contributed by atoms with Crippen LogP contribution in [0.1, 0.15) is 22.3 Å². The lowest BCUT2D eigenvalue weighted by Gasteiger charge is -2.20. The summed E-state index contributed by atoms with van der Waals surface area (Å²) < 4.78 is 11.2. The lowest BCUT2D eigenvalue weighted by molar-refractivity contribution is -0.128. The maximum Gasteiger partial charge on any atom is 0.416 e. The monoisotopic (exact) mass is 415 g/mol. The van der Waals surface area contributed by atoms with Crippen LogP contribution in [0.2, 0.25) is 0 Å². The lowest BCUT2D eigenvalue weighted by Crippen LogP contribution is -2.41. The number of amides is 2. The molecule has 1 aliphatic rings. The second-order valence-corrected chi connectivity index (χ2v) is 7.75. The van der Waals surface area contributed by atoms with Gasteiger partial charge < -0.3 is 9.47 Å². The van der Waals surface area contributed by atoms with Crippen LogP contribution >= 0.6 is 0 Å². The quantitative estimate of drug-likeness (QED) is 0.561. The number of aryl methyl sites for hydroxylation is 1. The standard InChI is InChI=1S/C26H25NO4/c1-19-12-13-22(24(14-19)30-17-21-10-6-3-7-11-21)16-25(28)27-23(18-31-26(27)29)15-20-8-4-2-5-9-20/h2-14,23H,15-18H2,1H3/t23-/m1/s1. The van der Waals surface area contributed by atoms with Gasteiger partial charge in [0.15, 0.2) is 0 Å². The van der Waals surface area contributed by atoms with Gasteiger partial charge in [-0.2, -0.15) is 0 Å². The number of hydrogen-bond donors (Lipinski definition) is 0. The second kappa shape index (κ2) is 9.47. The molecule has 0 spiro atoms. The number of nitrogens with zero attached hydrogens (tertiary/aromatic N) is 1. The van der Waals surface area contributed by atoms with E-state index in [0.29, 0.717) is 18.8 Å². The molecule has 0 bridgehead atoms. The van der Waals surface area contributed by atoms with Gasteiger partial charge in [0.25, 0.3) is 0 Å². The van der Waals surface area contributed by atoms with Crippen molar-refractivity contribution in [3.8, 4) is 5.75 Å². The highest BCUT2D eigenvalue weighted by molar-refractivity contribution is 5.94. The van der Waals surface area contributed by atoms with E-state index in [1.165, 1.54) is 4.90 Å². The first-order chi connectivity index (χ1) is 15.1. The summed E-state index contributed by atoms with van der Waals surface area (Å²) in [5.74, 6) is 0.376. The van der Waals surface area contributed by atoms with Crippen LogP contribution < -0.4 is 4.74 Å². The fraction of sp³-hybridized carbons (Fsp3) is 0.231. The minimum Gasteiger partial charge on any atom is -0.489 e. The summed E-state index contributed by atoms with van der Waals surface area (Å²) in [5, 5.41) is 0. The normalized spacial score (nSPS) is 15.6. The van der Waals surface area contributed by atoms with E-state index in [1.54, 1.807) is 0 Å². The zero-order chi connectivity index (χ0) is 21.6. The van der Waals surface area contributed by atoms with E-state index in [1.807, 2.05) is 85.8 Å². The van der Waals surface area contributed by atoms with Gasteiger partial charge in [-0.05, 0) is 36.1 Å². The van der Waals surface area contributed by atoms with E-state index < -0.39 is 6.09 Å². The Morgan fingerprint density at radius 1 is 1.00 bits per heavy atom. The van der Waals surface area contributed by atoms with Crippen molar-refractivity contribution >= 4 is 12.0 Å². The number of cyclic esters (lactones) is 1. The maximum absolute atomic E-state index is 13.1. The molecule has 1 aliphatic heterocycles. The van der Waals surface area contributed by atoms with E-state index >= 15 is 0 Å². The van der Waals surface area contributed by atoms with Gasteiger partial charge in [-0.1, -0.05) is 72.8 Å². The van der Waals surface area contributed by atoms with Gasteiger partial charge in [0, 0.05) is 5.56 Å². The van der Waals surface area contributed by atoms with Gasteiger partial charge in [0.2, 0.25) is 5.91 Å². The average molecular weight is 415 g/mol. The molecule has 31 heavy (non-hydrogen) atoms. The fourth-order valence-corrected chi connectivity index (χ4v) is 3.73. The predicted molar refractivity (Wildman–Crippen MR) is 118 cm³/mol. The van der Waals surface area contributed by atoms with Crippen molar-refractivity contribution in [2.45, 2.75) is 32.4 Å². The Morgan fingerprint density at radius 2 is 1.68 bits per heavy atom. The van der Waals surface area contributed by atoms with Gasteiger partial charge >= 0.3 is 6.09 Å². The summed E-state index contributed by atoms with van der Waals surface area (Å²) >= 11 is 0. The van der Waals surface area contributed by atoms with Crippen LogP contribution in [-0.4, -0.2) is 29.5 Å². The number of ether oxygens (including phenoxy) is 2. The summed E-state index contributed by atoms with van der Waals surface area (Å²) in [6.45, 7) is 2.60. The topological polar surface area (TPSA) is 55.8 Å². The summed E-state index contributed by atoms with van der Waals surface area (Å²) in [6, 6.07) is 25.1. The molecule has 0 radical (unpaired) electrons. The molecule has 1 heterocycles. The summed E-state index contributed by atoms with van der Waals surface area (Å²) in [4.78, 5) is 26.7. The molecule has 3 aromatic rings. The molecule has 1 saturated heterocycles. The van der Waals surface area contributed by atoms with Crippen molar-refractivity contribution < 1.29 is 19.1 Å². The lowest BCUT2D eigenvalue weighted by atomic mass is 10.0. The number of benzene rings is 3. The smallest absolute Gasteiger partial charge is 0.416 e. The van der Waals surface area contributed by atoms with Gasteiger partial charge in [-0.15, -0.1) is 0 Å². The molecule has 1 atom stereocenters. The highest BCUT2D eigenvalue weighted by Gasteiger charge is 2.37. The van der Waals surface area contributed by atoms with Crippen LogP contribution in [0, 0.1) is 6.92 Å². The Hall–Kier alpha value is -3.60. The maximum atomic E-state index is 13.1. The first kappa shape index (κ1) is 20.7. The highest BCUT2D eigenvalue weighted by atomic mass is 16.6. The number of hydrogen-bond acceptors (Lipinski definition) is 4. The average Bonchev–Trinajstić information content (AvgIpc) is 3.15. The Labute approximate surface area is 182 Å². The van der Waals surface area contributed by atoms with E-state index in [-0.39, 0.29) is 25.0 Å². The summed E-state index contributed by atoms with van der Waals surface area (Å²) in [7, 11) is 0. The van der Waals surface area contributed by atoms with E-state index in [2.05, 4.69) is 0 Å². The number of rotatable bonds is 7. The van der Waals surface area contributed by atoms with Gasteiger partial charge in [-0.3, -0.25) is 4.79 Å². The van der Waals surface area contributed by atoms with E-state index in [9.17, 15) is 9.59 Å². The molecule has 0 N–H and O–H groups in total. The van der Waals surface area contributed by atoms with E-state index in [4.69, 9.17) is 9.47 Å². The van der Waals surface area contributed by atoms with Crippen molar-refractivity contribution in [1.82, 2.24) is 4.90 Å². The van der Waals surface area contributed by atoms with Gasteiger partial charge in [0.1, 0.15) is 19.0 Å². The second-order valence-electron chi connectivity index (χ2n) is 7.75. The molecule has 0 unspecified atom stereocenters. The van der Waals surface area contributed by atoms with Crippen molar-refractivity contribution in [3.05, 3.63) is 101 Å². The zero-order valence-electron chi connectivity index (χ0n) is 17.5. The summed E-state index contributed by atoms with van der Waals surface area (Å²) in [6.07, 6.45) is 0.0683. The first-order valence-electron chi connectivity index (χ1n) is 10.4. The Morgan fingerprint density at radius 3 is 2.39 bits per heavy atom. The molecule has 5 heteroatoms. The van der Waals surface area contributed by atoms with Gasteiger partial charge in [-0.25, -0.2) is 9.69 Å². The molecular formula is C26H25NO4. The largest absolute Gasteiger partial charge is 0.489 e. The fourth-order valence-electron chi connectivity index (χ4n) is 3.73. The predicted octanol–water partition coefficient (Wildman–Crippen LogP) is 4.71. The van der Waals surface area contributed by atoms with E-state index in [0.717, 1.165) is 22.3 Å². The number of carbonyl (C=O) groups excluding carboxylic acids is 2. The molecule has 0 saturated carbocycles. The van der Waals surface area contributed by atoms with Crippen LogP contribution in [-0.2, 0) is 29.0 Å². The molecule has 5 nitrogen and oxygen atoms in total. The molecule has 2 amide bonds. The third kappa shape index (κ3) is 5.12. The van der Waals surface area contributed by atoms with Crippen LogP contribution in [0.25, 0.3) is 0 Å². The van der Waals surface area contributed by atoms with Crippen molar-refractivity contribution in [2.75, 3.05) is 6.61 Å². The van der Waals surface area contributed by atoms with Crippen LogP contribution in [0.5, 0.6) is 5.75 Å². The molecule has 0 aromatic heterocycles. The number of imide groups is 1. The highest BCUT2D eigenvalue weighted by Crippen LogP contribution is 2.25. The molecule has 1 fully saturated rings. The molecule has 3 aromatic carbocycles. The molecular weight excluding hydrogens is 390 g/mol. The number of carbonyl (C=O) groups is 2. The zero-order valence-corrected chi connectivity index (χ0v) is 17.5.